The van der Waals surface area contributed by atoms with Crippen LogP contribution < -0.4 is 5.32 Å². The molecule has 0 atom stereocenters. The van der Waals surface area contributed by atoms with Crippen LogP contribution >= 0.6 is 11.8 Å². The van der Waals surface area contributed by atoms with Crippen LogP contribution in [-0.4, -0.2) is 26.8 Å². The van der Waals surface area contributed by atoms with E-state index in [1.807, 2.05) is 6.92 Å². The van der Waals surface area contributed by atoms with E-state index in [-0.39, 0.29) is 5.82 Å². The molecule has 2 N–H and O–H groups in total. The van der Waals surface area contributed by atoms with Crippen LogP contribution in [0.25, 0.3) is 0 Å². The van der Waals surface area contributed by atoms with Gasteiger partial charge in [-0.1, -0.05) is 18.7 Å². The van der Waals surface area contributed by atoms with Crippen molar-refractivity contribution < 1.29 is 13.6 Å². The number of halogens is 2. The number of carbonyl (C=O) groups is 1. The van der Waals surface area contributed by atoms with E-state index in [0.29, 0.717) is 34.6 Å². The lowest BCUT2D eigenvalue weighted by Gasteiger charge is -2.04. The van der Waals surface area contributed by atoms with Crippen molar-refractivity contribution in [3.05, 3.63) is 35.9 Å². The number of thioether (sulfide) groups is 1. The molecule has 0 saturated heterocycles. The van der Waals surface area contributed by atoms with Gasteiger partial charge >= 0.3 is 0 Å². The van der Waals surface area contributed by atoms with E-state index in [0.717, 1.165) is 0 Å². The number of amides is 1. The number of aromatic nitrogens is 3. The zero-order chi connectivity index (χ0) is 14.5. The van der Waals surface area contributed by atoms with Crippen molar-refractivity contribution >= 4 is 23.4 Å². The molecule has 0 aliphatic rings. The van der Waals surface area contributed by atoms with Crippen LogP contribution in [0.15, 0.2) is 29.2 Å². The fraction of sp³-hybridized carbons (Fsp3) is 0.250. The first-order chi connectivity index (χ1) is 9.58. The number of rotatable bonds is 5. The summed E-state index contributed by atoms with van der Waals surface area (Å²) in [6, 6.07) is 6.13. The lowest BCUT2D eigenvalue weighted by molar-refractivity contribution is 0.101. The van der Waals surface area contributed by atoms with Crippen LogP contribution in [0.5, 0.6) is 0 Å². The first-order valence-electron chi connectivity index (χ1n) is 5.86. The Hall–Kier alpha value is -1.96. The minimum Gasteiger partial charge on any atom is -0.319 e. The summed E-state index contributed by atoms with van der Waals surface area (Å²) in [6.07, 6.45) is 0.653. The Morgan fingerprint density at radius 3 is 2.65 bits per heavy atom. The summed E-state index contributed by atoms with van der Waals surface area (Å²) < 4.78 is 24.3. The highest BCUT2D eigenvalue weighted by Gasteiger charge is 2.12. The molecular weight excluding hydrogens is 286 g/mol. The van der Waals surface area contributed by atoms with Crippen molar-refractivity contribution in [2.24, 2.45) is 0 Å². The molecule has 0 radical (unpaired) electrons. The Labute approximate surface area is 118 Å². The van der Waals surface area contributed by atoms with Gasteiger partial charge in [0.25, 0.3) is 11.7 Å². The van der Waals surface area contributed by atoms with Crippen LogP contribution in [0.3, 0.4) is 0 Å². The van der Waals surface area contributed by atoms with E-state index in [1.165, 1.54) is 12.1 Å². The number of nitrogens with one attached hydrogen (secondary N) is 2. The highest BCUT2D eigenvalue weighted by molar-refractivity contribution is 7.99. The largest absolute Gasteiger partial charge is 0.319 e. The monoisotopic (exact) mass is 298 g/mol. The van der Waals surface area contributed by atoms with Crippen molar-refractivity contribution in [2.75, 3.05) is 5.32 Å². The Balaban J connectivity index is 2.00. The third-order valence-corrected chi connectivity index (χ3v) is 3.13. The molecule has 1 aromatic heterocycles. The van der Waals surface area contributed by atoms with Gasteiger partial charge < -0.3 is 5.32 Å². The molecule has 2 aromatic rings. The summed E-state index contributed by atoms with van der Waals surface area (Å²) in [5, 5.41) is 9.03. The summed E-state index contributed by atoms with van der Waals surface area (Å²) in [7, 11) is 0. The second-order valence-electron chi connectivity index (χ2n) is 3.82. The zero-order valence-corrected chi connectivity index (χ0v) is 11.4. The van der Waals surface area contributed by atoms with Crippen molar-refractivity contribution in [3.63, 3.8) is 0 Å². The number of H-pyrrole nitrogens is 1. The molecule has 2 rings (SSSR count). The van der Waals surface area contributed by atoms with Crippen LogP contribution in [0.1, 0.15) is 23.4 Å². The van der Waals surface area contributed by atoms with E-state index < -0.39 is 11.7 Å². The first kappa shape index (κ1) is 14.4. The molecule has 8 heteroatoms. The molecule has 0 aliphatic carbocycles. The molecule has 1 amide bonds. The molecule has 0 fully saturated rings. The maximum absolute atomic E-state index is 12.2. The first-order valence-corrected chi connectivity index (χ1v) is 6.74. The fourth-order valence-electron chi connectivity index (χ4n) is 1.46. The topological polar surface area (TPSA) is 70.7 Å². The maximum Gasteiger partial charge on any atom is 0.295 e. The zero-order valence-electron chi connectivity index (χ0n) is 10.6. The Bertz CT molecular complexity index is 585. The summed E-state index contributed by atoms with van der Waals surface area (Å²) in [6.45, 7) is 1.89. The molecular formula is C12H12F2N4OS. The highest BCUT2D eigenvalue weighted by atomic mass is 32.2. The van der Waals surface area contributed by atoms with Gasteiger partial charge in [0.05, 0.1) is 0 Å². The van der Waals surface area contributed by atoms with Gasteiger partial charge in [-0.15, -0.1) is 5.10 Å². The molecule has 0 aliphatic heterocycles. The molecule has 106 valence electrons. The molecule has 0 unspecified atom stereocenters. The van der Waals surface area contributed by atoms with Gasteiger partial charge in [0.1, 0.15) is 5.82 Å². The number of hydrogen-bond acceptors (Lipinski definition) is 4. The molecule has 0 saturated carbocycles. The van der Waals surface area contributed by atoms with Gasteiger partial charge in [-0.2, -0.15) is 8.78 Å². The average molecular weight is 298 g/mol. The third kappa shape index (κ3) is 3.77. The molecule has 1 heterocycles. The van der Waals surface area contributed by atoms with Crippen LogP contribution in [0.4, 0.5) is 14.5 Å². The summed E-state index contributed by atoms with van der Waals surface area (Å²) in [5.41, 5.74) is 0.497. The molecule has 0 spiro atoms. The standard InChI is InChI=1S/C12H12F2N4OS/c1-2-9-16-10(18-17-9)11(19)15-7-3-5-8(6-4-7)20-12(13)14/h3-6,12H,2H2,1H3,(H,15,19)(H,16,17,18). The van der Waals surface area contributed by atoms with Gasteiger partial charge in [-0.3, -0.25) is 9.89 Å². The number of hydrogen-bond donors (Lipinski definition) is 2. The van der Waals surface area contributed by atoms with E-state index in [2.05, 4.69) is 20.5 Å². The van der Waals surface area contributed by atoms with Crippen LogP contribution in [0, 0.1) is 0 Å². The van der Waals surface area contributed by atoms with Crippen LogP contribution in [0.2, 0.25) is 0 Å². The smallest absolute Gasteiger partial charge is 0.295 e. The number of carbonyl (C=O) groups excluding carboxylic acids is 1. The van der Waals surface area contributed by atoms with Crippen molar-refractivity contribution in [3.8, 4) is 0 Å². The van der Waals surface area contributed by atoms with Gasteiger partial charge in [-0.25, -0.2) is 4.98 Å². The second-order valence-corrected chi connectivity index (χ2v) is 4.88. The maximum atomic E-state index is 12.2. The Kier molecular flexibility index (Phi) is 4.67. The Morgan fingerprint density at radius 1 is 1.40 bits per heavy atom. The number of anilines is 1. The highest BCUT2D eigenvalue weighted by Crippen LogP contribution is 2.26. The van der Waals surface area contributed by atoms with Crippen molar-refractivity contribution in [2.45, 2.75) is 24.0 Å². The lowest BCUT2D eigenvalue weighted by Crippen LogP contribution is -2.13. The fourth-order valence-corrected chi connectivity index (χ4v) is 1.96. The molecule has 1 aromatic carbocycles. The minimum absolute atomic E-state index is 0.0490. The van der Waals surface area contributed by atoms with Gasteiger partial charge in [0, 0.05) is 17.0 Å². The third-order valence-electron chi connectivity index (χ3n) is 2.41. The van der Waals surface area contributed by atoms with Crippen molar-refractivity contribution in [1.29, 1.82) is 0 Å². The van der Waals surface area contributed by atoms with Gasteiger partial charge in [0.15, 0.2) is 0 Å². The average Bonchev–Trinajstić information content (AvgIpc) is 2.89. The van der Waals surface area contributed by atoms with Gasteiger partial charge in [0.2, 0.25) is 5.82 Å². The number of aryl methyl sites for hydroxylation is 1. The van der Waals surface area contributed by atoms with Crippen molar-refractivity contribution in [1.82, 2.24) is 15.2 Å². The number of aromatic amines is 1. The summed E-state index contributed by atoms with van der Waals surface area (Å²) >= 11 is 0.453. The van der Waals surface area contributed by atoms with E-state index >= 15 is 0 Å². The van der Waals surface area contributed by atoms with E-state index in [4.69, 9.17) is 0 Å². The molecule has 5 nitrogen and oxygen atoms in total. The molecule has 0 bridgehead atoms. The van der Waals surface area contributed by atoms with Crippen LogP contribution in [-0.2, 0) is 6.42 Å². The quantitative estimate of drug-likeness (QED) is 0.833. The van der Waals surface area contributed by atoms with Gasteiger partial charge in [-0.05, 0) is 24.3 Å². The summed E-state index contributed by atoms with van der Waals surface area (Å²) in [5.74, 6) is -2.24. The lowest BCUT2D eigenvalue weighted by atomic mass is 10.3. The summed E-state index contributed by atoms with van der Waals surface area (Å²) in [4.78, 5) is 16.3. The normalized spacial score (nSPS) is 10.8. The molecule has 20 heavy (non-hydrogen) atoms. The predicted octanol–water partition coefficient (Wildman–Crippen LogP) is 2.93. The number of nitrogens with zero attached hydrogens (tertiary/aromatic N) is 2. The minimum atomic E-state index is -2.46. The van der Waals surface area contributed by atoms with E-state index in [1.54, 1.807) is 12.1 Å². The second kappa shape index (κ2) is 6.47. The number of alkyl halides is 2. The number of benzene rings is 1. The predicted molar refractivity (Wildman–Crippen MR) is 72.0 cm³/mol. The Morgan fingerprint density at radius 2 is 2.10 bits per heavy atom. The SMILES string of the molecule is CCc1nc(C(=O)Nc2ccc(SC(F)F)cc2)n[nH]1. The van der Waals surface area contributed by atoms with E-state index in [9.17, 15) is 13.6 Å².